The van der Waals surface area contributed by atoms with E-state index in [9.17, 15) is 19.5 Å². The van der Waals surface area contributed by atoms with Gasteiger partial charge in [-0.1, -0.05) is 45.7 Å². The van der Waals surface area contributed by atoms with Crippen LogP contribution in [0.15, 0.2) is 30.9 Å². The number of ether oxygens (including phenoxy) is 2. The van der Waals surface area contributed by atoms with E-state index >= 15 is 0 Å². The number of alkyl halides is 1. The lowest BCUT2D eigenvalue weighted by Gasteiger charge is -2.39. The van der Waals surface area contributed by atoms with Crippen LogP contribution in [0.2, 0.25) is 5.02 Å². The van der Waals surface area contributed by atoms with Crippen LogP contribution in [0.25, 0.3) is 0 Å². The van der Waals surface area contributed by atoms with Crippen molar-refractivity contribution in [2.75, 3.05) is 24.7 Å². The van der Waals surface area contributed by atoms with Gasteiger partial charge in [0, 0.05) is 11.4 Å². The zero-order chi connectivity index (χ0) is 25.7. The molecule has 0 radical (unpaired) electrons. The Kier molecular flexibility index (Phi) is 7.35. The fourth-order valence-electron chi connectivity index (χ4n) is 5.95. The third kappa shape index (κ3) is 3.91. The van der Waals surface area contributed by atoms with Crippen molar-refractivity contribution in [2.45, 2.75) is 55.8 Å². The monoisotopic (exact) mass is 568 g/mol. The molecule has 1 aromatic rings. The Balaban J connectivity index is 1.86. The Hall–Kier alpha value is -1.94. The number of carbonyl (C=O) groups is 3. The van der Waals surface area contributed by atoms with Gasteiger partial charge in [0.15, 0.2) is 0 Å². The van der Waals surface area contributed by atoms with E-state index in [1.54, 1.807) is 32.1 Å². The minimum absolute atomic E-state index is 0.151. The number of benzene rings is 1. The first-order chi connectivity index (χ1) is 16.6. The molecule has 190 valence electrons. The van der Waals surface area contributed by atoms with E-state index in [-0.39, 0.29) is 30.5 Å². The summed E-state index contributed by atoms with van der Waals surface area (Å²) in [7, 11) is 0. The van der Waals surface area contributed by atoms with E-state index < -0.39 is 47.5 Å². The van der Waals surface area contributed by atoms with Crippen LogP contribution in [0.1, 0.15) is 25.8 Å². The summed E-state index contributed by atoms with van der Waals surface area (Å²) in [5.74, 6) is -3.04. The highest BCUT2D eigenvalue weighted by atomic mass is 79.9. The number of nitrogens with zero attached hydrogens (tertiary/aromatic N) is 2. The summed E-state index contributed by atoms with van der Waals surface area (Å²) in [4.78, 5) is 43.9. The van der Waals surface area contributed by atoms with Crippen molar-refractivity contribution in [2.24, 2.45) is 11.8 Å². The molecule has 8 nitrogen and oxygen atoms in total. The number of para-hydroxylation sites is 1. The minimum atomic E-state index is -1.25. The number of aliphatic hydroxyl groups excluding tert-OH is 1. The van der Waals surface area contributed by atoms with Crippen molar-refractivity contribution < 1.29 is 29.0 Å². The molecule has 3 heterocycles. The van der Waals surface area contributed by atoms with Gasteiger partial charge >= 0.3 is 5.97 Å². The second-order valence-corrected chi connectivity index (χ2v) is 10.9. The molecule has 1 N–H and O–H groups in total. The van der Waals surface area contributed by atoms with Crippen LogP contribution in [0, 0.1) is 18.8 Å². The Morgan fingerprint density at radius 1 is 1.49 bits per heavy atom. The molecule has 0 saturated carbocycles. The predicted molar refractivity (Wildman–Crippen MR) is 134 cm³/mol. The number of rotatable bonds is 8. The second kappa shape index (κ2) is 9.84. The molecule has 35 heavy (non-hydrogen) atoms. The molecule has 3 aliphatic heterocycles. The van der Waals surface area contributed by atoms with Crippen LogP contribution < -0.4 is 4.90 Å². The summed E-state index contributed by atoms with van der Waals surface area (Å²) in [5.41, 5.74) is 0.0581. The molecule has 10 heteroatoms. The molecule has 3 aliphatic rings. The molecule has 0 aliphatic carbocycles. The third-order valence-electron chi connectivity index (χ3n) is 7.29. The van der Waals surface area contributed by atoms with Crippen LogP contribution in [0.4, 0.5) is 5.69 Å². The highest BCUT2D eigenvalue weighted by molar-refractivity contribution is 9.09. The highest BCUT2D eigenvalue weighted by Crippen LogP contribution is 2.60. The number of halogens is 2. The summed E-state index contributed by atoms with van der Waals surface area (Å²) in [6.07, 6.45) is 1.35. The lowest BCUT2D eigenvalue weighted by atomic mass is 9.70. The van der Waals surface area contributed by atoms with Gasteiger partial charge in [-0.15, -0.1) is 6.58 Å². The van der Waals surface area contributed by atoms with Gasteiger partial charge in [0.2, 0.25) is 5.91 Å². The van der Waals surface area contributed by atoms with E-state index in [0.29, 0.717) is 17.1 Å². The van der Waals surface area contributed by atoms with Crippen molar-refractivity contribution in [3.05, 3.63) is 41.4 Å². The fraction of sp³-hybridized carbons (Fsp3) is 0.560. The molecule has 3 saturated heterocycles. The summed E-state index contributed by atoms with van der Waals surface area (Å²) >= 11 is 10.1. The standard InChI is InChI=1S/C25H30BrClN2O6/c1-5-10-28(19-13(3)8-7-9-16(19)27)23(32)21-25-11-15(26)20(35-25)17(24(33)34-6-2)18(25)22(31)29(21)14(4)12-30/h5,7-9,14-15,17-18,20-21,30H,1,6,10-12H2,2-4H3/t14-,15?,17+,18+,20+,21?,25?/m1/s1. The summed E-state index contributed by atoms with van der Waals surface area (Å²) in [6, 6.07) is 3.61. The summed E-state index contributed by atoms with van der Waals surface area (Å²) in [6.45, 7) is 9.00. The molecule has 1 spiro atoms. The minimum Gasteiger partial charge on any atom is -0.466 e. The average Bonchev–Trinajstić information content (AvgIpc) is 3.41. The van der Waals surface area contributed by atoms with Crippen molar-refractivity contribution in [1.29, 1.82) is 0 Å². The lowest BCUT2D eigenvalue weighted by Crippen LogP contribution is -2.59. The van der Waals surface area contributed by atoms with Crippen LogP contribution in [-0.2, 0) is 23.9 Å². The Bertz CT molecular complexity index is 1030. The first-order valence-electron chi connectivity index (χ1n) is 11.7. The van der Waals surface area contributed by atoms with Gasteiger partial charge < -0.3 is 24.4 Å². The Labute approximate surface area is 218 Å². The normalized spacial score (nSPS) is 31.9. The zero-order valence-electron chi connectivity index (χ0n) is 19.9. The number of hydrogen-bond acceptors (Lipinski definition) is 6. The number of fused-ring (bicyclic) bond motifs is 1. The van der Waals surface area contributed by atoms with Gasteiger partial charge in [0.05, 0.1) is 47.9 Å². The van der Waals surface area contributed by atoms with Gasteiger partial charge in [0.1, 0.15) is 11.6 Å². The van der Waals surface area contributed by atoms with Crippen LogP contribution in [0.3, 0.4) is 0 Å². The van der Waals surface area contributed by atoms with E-state index in [2.05, 4.69) is 22.5 Å². The number of aryl methyl sites for hydroxylation is 1. The van der Waals surface area contributed by atoms with Crippen LogP contribution in [0.5, 0.6) is 0 Å². The maximum Gasteiger partial charge on any atom is 0.312 e. The number of likely N-dealkylation sites (tertiary alicyclic amines) is 1. The quantitative estimate of drug-likeness (QED) is 0.294. The molecule has 3 unspecified atom stereocenters. The second-order valence-electron chi connectivity index (χ2n) is 9.34. The third-order valence-corrected chi connectivity index (χ3v) is 8.44. The smallest absolute Gasteiger partial charge is 0.312 e. The fourth-order valence-corrected chi connectivity index (χ4v) is 7.22. The van der Waals surface area contributed by atoms with Crippen molar-refractivity contribution >= 4 is 51.0 Å². The van der Waals surface area contributed by atoms with Crippen LogP contribution >= 0.6 is 27.5 Å². The molecule has 4 rings (SSSR count). The molecule has 2 bridgehead atoms. The molecular formula is C25H30BrClN2O6. The number of amides is 2. The molecule has 2 amide bonds. The predicted octanol–water partition coefficient (Wildman–Crippen LogP) is 2.86. The lowest BCUT2D eigenvalue weighted by molar-refractivity contribution is -0.155. The van der Waals surface area contributed by atoms with E-state index in [0.717, 1.165) is 5.56 Å². The number of anilines is 1. The van der Waals surface area contributed by atoms with Gasteiger partial charge in [-0.3, -0.25) is 14.4 Å². The summed E-state index contributed by atoms with van der Waals surface area (Å²) in [5, 5.41) is 10.4. The average molecular weight is 570 g/mol. The van der Waals surface area contributed by atoms with Gasteiger partial charge in [0.25, 0.3) is 5.91 Å². The Morgan fingerprint density at radius 2 is 2.20 bits per heavy atom. The zero-order valence-corrected chi connectivity index (χ0v) is 22.3. The van der Waals surface area contributed by atoms with Crippen LogP contribution in [-0.4, -0.2) is 76.2 Å². The number of esters is 1. The largest absolute Gasteiger partial charge is 0.466 e. The van der Waals surface area contributed by atoms with Crippen molar-refractivity contribution in [1.82, 2.24) is 4.90 Å². The van der Waals surface area contributed by atoms with E-state index in [4.69, 9.17) is 21.1 Å². The van der Waals surface area contributed by atoms with Gasteiger partial charge in [-0.2, -0.15) is 0 Å². The van der Waals surface area contributed by atoms with E-state index in [1.807, 2.05) is 13.0 Å². The first-order valence-corrected chi connectivity index (χ1v) is 13.0. The van der Waals surface area contributed by atoms with Gasteiger partial charge in [-0.25, -0.2) is 0 Å². The van der Waals surface area contributed by atoms with Crippen molar-refractivity contribution in [3.63, 3.8) is 0 Å². The topological polar surface area (TPSA) is 96.4 Å². The van der Waals surface area contributed by atoms with Crippen molar-refractivity contribution in [3.8, 4) is 0 Å². The number of hydrogen-bond donors (Lipinski definition) is 1. The molecule has 7 atom stereocenters. The molecule has 3 fully saturated rings. The summed E-state index contributed by atoms with van der Waals surface area (Å²) < 4.78 is 11.7. The maximum atomic E-state index is 14.4. The van der Waals surface area contributed by atoms with Gasteiger partial charge in [-0.05, 0) is 38.8 Å². The molecule has 0 aromatic heterocycles. The van der Waals surface area contributed by atoms with E-state index in [1.165, 1.54) is 9.80 Å². The number of aliphatic hydroxyl groups is 1. The Morgan fingerprint density at radius 3 is 2.80 bits per heavy atom. The maximum absolute atomic E-state index is 14.4. The first kappa shape index (κ1) is 26.1. The highest BCUT2D eigenvalue weighted by Gasteiger charge is 2.77. The number of carbonyl (C=O) groups excluding carboxylic acids is 3. The SMILES string of the molecule is C=CCN(C(=O)C1N([C@H](C)CO)C(=O)[C@@H]2[C@H](C(=O)OCC)[C@H]3OC12CC3Br)c1c(C)cccc1Cl. The molecule has 1 aromatic carbocycles. The molecular weight excluding hydrogens is 540 g/mol.